The first kappa shape index (κ1) is 13.9. The van der Waals surface area contributed by atoms with E-state index in [4.69, 9.17) is 16.7 Å². The largest absolute Gasteiger partial charge is 0.481 e. The number of fused-ring (bicyclic) bond motifs is 1. The van der Waals surface area contributed by atoms with Crippen LogP contribution < -0.4 is 4.57 Å². The van der Waals surface area contributed by atoms with Crippen LogP contribution in [-0.4, -0.2) is 11.1 Å². The minimum Gasteiger partial charge on any atom is -0.481 e. The molecule has 0 aliphatic heterocycles. The van der Waals surface area contributed by atoms with Crippen LogP contribution in [0.1, 0.15) is 18.9 Å². The van der Waals surface area contributed by atoms with Crippen LogP contribution >= 0.6 is 22.9 Å². The molecule has 1 heterocycles. The fourth-order valence-corrected chi connectivity index (χ4v) is 2.85. The Balaban J connectivity index is 0.00000144. The van der Waals surface area contributed by atoms with Gasteiger partial charge < -0.3 is 5.11 Å². The first-order valence-electron chi connectivity index (χ1n) is 4.88. The summed E-state index contributed by atoms with van der Waals surface area (Å²) in [6.45, 7) is 2.47. The van der Waals surface area contributed by atoms with Crippen molar-refractivity contribution in [3.05, 3.63) is 28.2 Å². The van der Waals surface area contributed by atoms with E-state index in [2.05, 4.69) is 0 Å². The van der Waals surface area contributed by atoms with Crippen LogP contribution in [0.15, 0.2) is 18.2 Å². The molecule has 0 spiro atoms. The molecule has 1 aromatic heterocycles. The Kier molecular flexibility index (Phi) is 4.48. The number of hydrogen-bond acceptors (Lipinski definition) is 2. The van der Waals surface area contributed by atoms with Crippen molar-refractivity contribution in [3.63, 3.8) is 0 Å². The summed E-state index contributed by atoms with van der Waals surface area (Å²) in [7, 11) is 0. The number of nitrogens with zero attached hydrogens (tertiary/aromatic N) is 1. The van der Waals surface area contributed by atoms with Gasteiger partial charge in [0.15, 0.2) is 6.54 Å². The van der Waals surface area contributed by atoms with Crippen LogP contribution in [-0.2, 0) is 11.3 Å². The molecule has 0 atom stereocenters. The van der Waals surface area contributed by atoms with Gasteiger partial charge in [0.2, 0.25) is 10.5 Å². The lowest BCUT2D eigenvalue weighted by molar-refractivity contribution is -0.671. The summed E-state index contributed by atoms with van der Waals surface area (Å²) in [4.78, 5) is 10.6. The summed E-state index contributed by atoms with van der Waals surface area (Å²) in [5.74, 6) is -0.784. The maximum Gasteiger partial charge on any atom is 0.309 e. The maximum absolute atomic E-state index is 10.6. The zero-order valence-corrected chi connectivity index (χ0v) is 10.3. The average Bonchev–Trinajstić information content (AvgIpc) is 2.51. The summed E-state index contributed by atoms with van der Waals surface area (Å²) < 4.78 is 3.13. The molecule has 2 aromatic rings. The first-order chi connectivity index (χ1) is 7.58. The van der Waals surface area contributed by atoms with Crippen molar-refractivity contribution in [2.45, 2.75) is 27.3 Å². The summed E-state index contributed by atoms with van der Waals surface area (Å²) >= 11 is 7.59. The number of rotatable bonds is 3. The van der Waals surface area contributed by atoms with Gasteiger partial charge in [-0.3, -0.25) is 4.79 Å². The maximum atomic E-state index is 10.6. The average molecular weight is 273 g/mol. The van der Waals surface area contributed by atoms with E-state index in [1.165, 1.54) is 0 Å². The van der Waals surface area contributed by atoms with Gasteiger partial charge in [-0.2, -0.15) is 4.57 Å². The second-order valence-corrected chi connectivity index (χ2v) is 5.20. The lowest BCUT2D eigenvalue weighted by Gasteiger charge is -1.94. The Bertz CT molecular complexity index is 551. The molecular weight excluding hydrogens is 258 g/mol. The Morgan fingerprint density at radius 1 is 1.53 bits per heavy atom. The van der Waals surface area contributed by atoms with Gasteiger partial charge in [0.25, 0.3) is 0 Å². The number of aryl methyl sites for hydroxylation is 2. The Morgan fingerprint density at radius 3 is 2.88 bits per heavy atom. The van der Waals surface area contributed by atoms with E-state index in [9.17, 15) is 4.79 Å². The molecule has 3 nitrogen and oxygen atoms in total. The van der Waals surface area contributed by atoms with Gasteiger partial charge in [-0.25, -0.2) is 0 Å². The Labute approximate surface area is 109 Å². The second-order valence-electron chi connectivity index (χ2n) is 3.53. The highest BCUT2D eigenvalue weighted by Crippen LogP contribution is 2.23. The predicted molar refractivity (Wildman–Crippen MR) is 70.8 cm³/mol. The highest BCUT2D eigenvalue weighted by atomic mass is 35.5. The Morgan fingerprint density at radius 2 is 2.24 bits per heavy atom. The zero-order chi connectivity index (χ0) is 11.7. The van der Waals surface area contributed by atoms with Gasteiger partial charge in [-0.05, 0) is 12.1 Å². The number of aliphatic carboxylic acids is 1. The van der Waals surface area contributed by atoms with Crippen molar-refractivity contribution in [2.75, 3.05) is 0 Å². The molecule has 0 radical (unpaired) electrons. The number of halogens is 1. The number of carboxylic acids is 1. The number of carboxylic acid groups (broad SMARTS) is 1. The molecule has 92 valence electrons. The van der Waals surface area contributed by atoms with E-state index in [0.29, 0.717) is 11.6 Å². The number of benzene rings is 1. The van der Waals surface area contributed by atoms with E-state index in [0.717, 1.165) is 15.2 Å². The number of aromatic nitrogens is 1. The molecule has 5 heteroatoms. The molecule has 1 aromatic carbocycles. The molecule has 17 heavy (non-hydrogen) atoms. The third-order valence-electron chi connectivity index (χ3n) is 2.40. The van der Waals surface area contributed by atoms with Crippen LogP contribution in [0.4, 0.5) is 0 Å². The smallest absolute Gasteiger partial charge is 0.309 e. The molecule has 0 saturated heterocycles. The van der Waals surface area contributed by atoms with Crippen molar-refractivity contribution in [3.8, 4) is 0 Å². The van der Waals surface area contributed by atoms with Gasteiger partial charge >= 0.3 is 5.97 Å². The summed E-state index contributed by atoms with van der Waals surface area (Å²) in [5.41, 5.74) is 1.01. The SMILES string of the molecule is C.Cc1sc2ccc(Cl)cc2[n+]1CCC(=O)O. The number of hydrogen-bond donors (Lipinski definition) is 1. The van der Waals surface area contributed by atoms with Crippen molar-refractivity contribution < 1.29 is 14.5 Å². The monoisotopic (exact) mass is 272 g/mol. The summed E-state index contributed by atoms with van der Waals surface area (Å²) in [6, 6.07) is 5.69. The van der Waals surface area contributed by atoms with E-state index in [1.54, 1.807) is 11.3 Å². The quantitative estimate of drug-likeness (QED) is 0.872. The third kappa shape index (κ3) is 2.96. The molecule has 2 rings (SSSR count). The van der Waals surface area contributed by atoms with Crippen LogP contribution in [0, 0.1) is 6.92 Å². The molecule has 0 bridgehead atoms. The minimum atomic E-state index is -0.784. The normalized spacial score (nSPS) is 10.2. The van der Waals surface area contributed by atoms with Crippen molar-refractivity contribution >= 4 is 39.1 Å². The van der Waals surface area contributed by atoms with Gasteiger partial charge in [-0.15, -0.1) is 0 Å². The molecular formula is C12H15ClNO2S+. The number of carbonyl (C=O) groups is 1. The van der Waals surface area contributed by atoms with E-state index in [1.807, 2.05) is 29.7 Å². The predicted octanol–water partition coefficient (Wildman–Crippen LogP) is 3.26. The summed E-state index contributed by atoms with van der Waals surface area (Å²) in [6.07, 6.45) is 0.129. The van der Waals surface area contributed by atoms with E-state index < -0.39 is 5.97 Å². The zero-order valence-electron chi connectivity index (χ0n) is 8.74. The topological polar surface area (TPSA) is 41.2 Å². The van der Waals surface area contributed by atoms with E-state index in [-0.39, 0.29) is 13.8 Å². The lowest BCUT2D eigenvalue weighted by Crippen LogP contribution is -2.36. The molecule has 0 saturated carbocycles. The third-order valence-corrected chi connectivity index (χ3v) is 3.71. The molecule has 0 aliphatic carbocycles. The van der Waals surface area contributed by atoms with Crippen LogP contribution in [0.3, 0.4) is 0 Å². The van der Waals surface area contributed by atoms with Gasteiger partial charge in [-0.1, -0.05) is 30.4 Å². The molecule has 0 aliphatic rings. The van der Waals surface area contributed by atoms with Crippen LogP contribution in [0.5, 0.6) is 0 Å². The van der Waals surface area contributed by atoms with Crippen LogP contribution in [0.25, 0.3) is 10.2 Å². The van der Waals surface area contributed by atoms with Crippen molar-refractivity contribution in [1.29, 1.82) is 0 Å². The summed E-state index contributed by atoms with van der Waals surface area (Å²) in [5, 5.41) is 10.5. The number of thiazole rings is 1. The fourth-order valence-electron chi connectivity index (χ4n) is 1.66. The Hall–Kier alpha value is -1.13. The van der Waals surface area contributed by atoms with Gasteiger partial charge in [0.05, 0.1) is 0 Å². The molecule has 0 unspecified atom stereocenters. The molecule has 0 amide bonds. The van der Waals surface area contributed by atoms with Crippen molar-refractivity contribution in [1.82, 2.24) is 0 Å². The molecule has 0 fully saturated rings. The fraction of sp³-hybridized carbons (Fsp3) is 0.333. The van der Waals surface area contributed by atoms with E-state index >= 15 is 0 Å². The minimum absolute atomic E-state index is 0. The van der Waals surface area contributed by atoms with Crippen molar-refractivity contribution in [2.24, 2.45) is 0 Å². The lowest BCUT2D eigenvalue weighted by atomic mass is 10.3. The van der Waals surface area contributed by atoms with Gasteiger partial charge in [0, 0.05) is 18.0 Å². The first-order valence-corrected chi connectivity index (χ1v) is 6.07. The highest BCUT2D eigenvalue weighted by Gasteiger charge is 2.18. The molecule has 1 N–H and O–H groups in total. The standard InChI is InChI=1S/C11H10ClNO2S.CH4/c1-7-13(5-4-11(14)15)9-6-8(12)2-3-10(9)16-7;/h2-3,6H,4-5H2,1H3;1H4/p+1. The van der Waals surface area contributed by atoms with Crippen LogP contribution in [0.2, 0.25) is 5.02 Å². The highest BCUT2D eigenvalue weighted by molar-refractivity contribution is 7.18. The second kappa shape index (κ2) is 5.47. The van der Waals surface area contributed by atoms with Gasteiger partial charge in [0.1, 0.15) is 11.1 Å².